The van der Waals surface area contributed by atoms with Crippen molar-refractivity contribution in [1.29, 1.82) is 0 Å². The first-order valence-electron chi connectivity index (χ1n) is 12.5. The van der Waals surface area contributed by atoms with Gasteiger partial charge in [-0.2, -0.15) is 0 Å². The van der Waals surface area contributed by atoms with Gasteiger partial charge in [0.25, 0.3) is 0 Å². The van der Waals surface area contributed by atoms with E-state index in [1.54, 1.807) is 31.1 Å². The van der Waals surface area contributed by atoms with E-state index in [1.807, 2.05) is 72.8 Å². The summed E-state index contributed by atoms with van der Waals surface area (Å²) in [6, 6.07) is 23.6. The van der Waals surface area contributed by atoms with Crippen molar-refractivity contribution in [2.45, 2.75) is 37.1 Å². The van der Waals surface area contributed by atoms with Crippen LogP contribution in [0.2, 0.25) is 0 Å². The molecule has 8 nitrogen and oxygen atoms in total. The number of hydrogen-bond acceptors (Lipinski definition) is 6. The number of rotatable bonds is 5. The van der Waals surface area contributed by atoms with Crippen LogP contribution in [0.3, 0.4) is 0 Å². The highest BCUT2D eigenvalue weighted by Gasteiger charge is 2.37. The van der Waals surface area contributed by atoms with Crippen molar-refractivity contribution in [3.63, 3.8) is 0 Å². The molecule has 2 amide bonds. The van der Waals surface area contributed by atoms with Crippen molar-refractivity contribution in [1.82, 2.24) is 15.5 Å². The van der Waals surface area contributed by atoms with Crippen molar-refractivity contribution in [3.05, 3.63) is 102 Å². The third-order valence-electron chi connectivity index (χ3n) is 6.58. The summed E-state index contributed by atoms with van der Waals surface area (Å²) in [5, 5.41) is 5.76. The number of benzene rings is 3. The van der Waals surface area contributed by atoms with E-state index in [4.69, 9.17) is 9.47 Å². The van der Waals surface area contributed by atoms with E-state index in [0.29, 0.717) is 5.75 Å². The van der Waals surface area contributed by atoms with E-state index in [-0.39, 0.29) is 18.7 Å². The summed E-state index contributed by atoms with van der Waals surface area (Å²) >= 11 is 0. The van der Waals surface area contributed by atoms with Crippen LogP contribution in [-0.4, -0.2) is 62.0 Å². The molecule has 0 saturated heterocycles. The molecule has 4 atom stereocenters. The highest BCUT2D eigenvalue weighted by atomic mass is 16.5. The van der Waals surface area contributed by atoms with Gasteiger partial charge < -0.3 is 20.1 Å². The number of carbonyl (C=O) groups excluding carboxylic acids is 3. The Bertz CT molecular complexity index is 1230. The number of carbonyl (C=O) groups is 3. The van der Waals surface area contributed by atoms with Crippen LogP contribution in [0.5, 0.6) is 5.75 Å². The monoisotopic (exact) mass is 515 g/mol. The van der Waals surface area contributed by atoms with Gasteiger partial charge in [-0.3, -0.25) is 14.5 Å². The van der Waals surface area contributed by atoms with E-state index < -0.39 is 36.1 Å². The summed E-state index contributed by atoms with van der Waals surface area (Å²) in [7, 11) is 4.88. The van der Waals surface area contributed by atoms with E-state index in [1.165, 1.54) is 7.11 Å². The molecule has 0 aromatic heterocycles. The van der Waals surface area contributed by atoms with Crippen molar-refractivity contribution in [2.24, 2.45) is 0 Å². The summed E-state index contributed by atoms with van der Waals surface area (Å²) in [6.45, 7) is 0. The number of methoxy groups -OCH3 is 1. The second kappa shape index (κ2) is 12.4. The zero-order valence-electron chi connectivity index (χ0n) is 21.8. The lowest BCUT2D eigenvalue weighted by atomic mass is 9.98. The van der Waals surface area contributed by atoms with Crippen LogP contribution >= 0.6 is 0 Å². The zero-order chi connectivity index (χ0) is 27.1. The molecule has 8 heteroatoms. The van der Waals surface area contributed by atoms with E-state index >= 15 is 0 Å². The van der Waals surface area contributed by atoms with E-state index in [9.17, 15) is 14.4 Å². The van der Waals surface area contributed by atoms with Crippen molar-refractivity contribution in [2.75, 3.05) is 21.2 Å². The molecule has 2 heterocycles. The van der Waals surface area contributed by atoms with Crippen LogP contribution in [0.25, 0.3) is 0 Å². The van der Waals surface area contributed by atoms with Gasteiger partial charge in [-0.15, -0.1) is 0 Å². The van der Waals surface area contributed by atoms with Crippen LogP contribution < -0.4 is 15.4 Å². The third kappa shape index (κ3) is 6.58. The Hall–Kier alpha value is -4.17. The molecule has 198 valence electrons. The molecule has 0 unspecified atom stereocenters. The number of nitrogens with zero attached hydrogens (tertiary/aromatic N) is 1. The molecule has 2 N–H and O–H groups in total. The first kappa shape index (κ1) is 26.9. The maximum absolute atomic E-state index is 13.9. The van der Waals surface area contributed by atoms with Crippen molar-refractivity contribution >= 4 is 17.8 Å². The normalized spacial score (nSPS) is 22.1. The Morgan fingerprint density at radius 2 is 1.53 bits per heavy atom. The number of esters is 1. The van der Waals surface area contributed by atoms with Crippen LogP contribution in [0.1, 0.15) is 22.8 Å². The molecule has 0 radical (unpaired) electrons. The Morgan fingerprint density at radius 3 is 2.13 bits per heavy atom. The average Bonchev–Trinajstić information content (AvgIpc) is 2.93. The first-order valence-corrected chi connectivity index (χ1v) is 12.5. The van der Waals surface area contributed by atoms with Gasteiger partial charge in [-0.05, 0) is 42.9 Å². The number of ether oxygens (including phenoxy) is 2. The molecule has 5 rings (SSSR count). The summed E-state index contributed by atoms with van der Waals surface area (Å²) in [5.74, 6) is -0.825. The highest BCUT2D eigenvalue weighted by Crippen LogP contribution is 2.28. The first-order chi connectivity index (χ1) is 18.4. The Balaban J connectivity index is 1.78. The molecule has 0 aliphatic carbocycles. The fourth-order valence-electron chi connectivity index (χ4n) is 4.61. The molecule has 2 aliphatic rings. The topological polar surface area (TPSA) is 97.0 Å². The summed E-state index contributed by atoms with van der Waals surface area (Å²) in [6.07, 6.45) is -0.173. The van der Waals surface area contributed by atoms with Gasteiger partial charge in [0.05, 0.1) is 7.11 Å². The fraction of sp³-hybridized carbons (Fsp3) is 0.300. The Labute approximate surface area is 222 Å². The minimum atomic E-state index is -0.931. The smallest absolute Gasteiger partial charge is 0.328 e. The average molecular weight is 516 g/mol. The molecular weight excluding hydrogens is 482 g/mol. The lowest BCUT2D eigenvalue weighted by molar-refractivity contribution is -0.145. The van der Waals surface area contributed by atoms with E-state index in [2.05, 4.69) is 10.6 Å². The third-order valence-corrected chi connectivity index (χ3v) is 6.58. The predicted molar refractivity (Wildman–Crippen MR) is 143 cm³/mol. The lowest BCUT2D eigenvalue weighted by Gasteiger charge is -2.33. The quantitative estimate of drug-likeness (QED) is 0.508. The van der Waals surface area contributed by atoms with Gasteiger partial charge in [0.15, 0.2) is 0 Å². The van der Waals surface area contributed by atoms with Gasteiger partial charge in [0, 0.05) is 12.8 Å². The molecule has 0 spiro atoms. The summed E-state index contributed by atoms with van der Waals surface area (Å²) in [4.78, 5) is 41.8. The number of fused-ring (bicyclic) bond motifs is 11. The molecule has 0 saturated carbocycles. The number of hydrogen-bond donors (Lipinski definition) is 2. The minimum Gasteiger partial charge on any atom is -0.484 e. The summed E-state index contributed by atoms with van der Waals surface area (Å²) in [5.41, 5.74) is 2.53. The molecule has 2 aliphatic heterocycles. The van der Waals surface area contributed by atoms with Crippen LogP contribution in [0.4, 0.5) is 0 Å². The number of amides is 2. The van der Waals surface area contributed by atoms with Crippen molar-refractivity contribution in [3.8, 4) is 5.75 Å². The zero-order valence-corrected chi connectivity index (χ0v) is 21.8. The Kier molecular flexibility index (Phi) is 8.76. The SMILES string of the molecule is COC(=O)[C@@H]1Cc2ccc(cc2)O[C@H](c2ccccc2)[C@H](N(C)C)C(=O)N[C@@H](Cc2ccccc2)C(=O)N1. The number of nitrogens with one attached hydrogen (secondary N) is 2. The van der Waals surface area contributed by atoms with Gasteiger partial charge >= 0.3 is 5.97 Å². The molecule has 2 bridgehead atoms. The molecular formula is C30H33N3O5. The van der Waals surface area contributed by atoms with Crippen LogP contribution in [-0.2, 0) is 32.0 Å². The van der Waals surface area contributed by atoms with Gasteiger partial charge in [0.2, 0.25) is 11.8 Å². The standard InChI is InChI=1S/C30H33N3O5/c1-33(2)26-27(22-12-8-5-9-13-22)38-23-16-14-21(15-17-23)19-25(30(36)37-3)32-28(34)24(31-29(26)35)18-20-10-6-4-7-11-20/h4-17,24-27H,18-19H2,1-3H3,(H,31,35)(H,32,34)/t24-,25-,26-,27+/m0/s1. The minimum absolute atomic E-state index is 0.229. The van der Waals surface area contributed by atoms with E-state index in [0.717, 1.165) is 16.7 Å². The highest BCUT2D eigenvalue weighted by molar-refractivity contribution is 5.92. The van der Waals surface area contributed by atoms with Gasteiger partial charge in [-0.1, -0.05) is 72.8 Å². The maximum atomic E-state index is 13.9. The van der Waals surface area contributed by atoms with Crippen LogP contribution in [0.15, 0.2) is 84.9 Å². The molecule has 3 aromatic rings. The Morgan fingerprint density at radius 1 is 0.895 bits per heavy atom. The van der Waals surface area contributed by atoms with Gasteiger partial charge in [0.1, 0.15) is 30.0 Å². The maximum Gasteiger partial charge on any atom is 0.328 e. The molecule has 0 fully saturated rings. The second-order valence-corrected chi connectivity index (χ2v) is 9.54. The van der Waals surface area contributed by atoms with Crippen molar-refractivity contribution < 1.29 is 23.9 Å². The molecule has 38 heavy (non-hydrogen) atoms. The van der Waals surface area contributed by atoms with Gasteiger partial charge in [-0.25, -0.2) is 4.79 Å². The molecule has 3 aromatic carbocycles. The number of likely N-dealkylation sites (N-methyl/N-ethyl adjacent to an activating group) is 1. The van der Waals surface area contributed by atoms with Crippen LogP contribution in [0, 0.1) is 0 Å². The second-order valence-electron chi connectivity index (χ2n) is 9.54. The lowest BCUT2D eigenvalue weighted by Crippen LogP contribution is -2.57. The summed E-state index contributed by atoms with van der Waals surface area (Å²) < 4.78 is 11.4. The predicted octanol–water partition coefficient (Wildman–Crippen LogP) is 2.68. The fourth-order valence-corrected chi connectivity index (χ4v) is 4.61. The largest absolute Gasteiger partial charge is 0.484 e.